The molecule has 1 atom stereocenters. The lowest BCUT2D eigenvalue weighted by atomic mass is 10.0. The molecule has 0 radical (unpaired) electrons. The summed E-state index contributed by atoms with van der Waals surface area (Å²) in [5, 5.41) is 1.89. The maximum Gasteiger partial charge on any atom is 0.119 e. The van der Waals surface area contributed by atoms with Crippen LogP contribution in [0.15, 0.2) is 67.1 Å². The summed E-state index contributed by atoms with van der Waals surface area (Å²) < 4.78 is 7.73. The van der Waals surface area contributed by atoms with Gasteiger partial charge in [-0.25, -0.2) is 0 Å². The molecule has 0 saturated carbocycles. The lowest BCUT2D eigenvalue weighted by Gasteiger charge is -2.18. The molecule has 160 valence electrons. The Kier molecular flexibility index (Phi) is 6.30. The van der Waals surface area contributed by atoms with E-state index in [-0.39, 0.29) is 0 Å². The Morgan fingerprint density at radius 1 is 1.03 bits per heavy atom. The van der Waals surface area contributed by atoms with E-state index in [0.717, 1.165) is 51.5 Å². The van der Waals surface area contributed by atoms with E-state index in [2.05, 4.69) is 65.9 Å². The first-order valence-corrected chi connectivity index (χ1v) is 10.9. The van der Waals surface area contributed by atoms with E-state index in [9.17, 15) is 0 Å². The lowest BCUT2D eigenvalue weighted by molar-refractivity contribution is 0.318. The van der Waals surface area contributed by atoms with E-state index in [1.54, 1.807) is 7.11 Å². The predicted molar refractivity (Wildman–Crippen MR) is 130 cm³/mol. The second-order valence-corrected chi connectivity index (χ2v) is 8.85. The van der Waals surface area contributed by atoms with Crippen LogP contribution < -0.4 is 4.74 Å². The summed E-state index contributed by atoms with van der Waals surface area (Å²) in [5.74, 6) is 1.36. The summed E-state index contributed by atoms with van der Waals surface area (Å²) in [5.41, 5.74) is 5.55. The average molecular weight is 434 g/mol. The molecule has 4 rings (SSSR count). The molecule has 0 saturated heterocycles. The van der Waals surface area contributed by atoms with Gasteiger partial charge >= 0.3 is 0 Å². The molecule has 0 aliphatic rings. The zero-order chi connectivity index (χ0) is 22.0. The minimum atomic E-state index is 0.523. The van der Waals surface area contributed by atoms with Crippen LogP contribution in [0.25, 0.3) is 33.2 Å². The average Bonchev–Trinajstić information content (AvgIpc) is 3.10. The number of ether oxygens (including phenoxy) is 1. The second kappa shape index (κ2) is 9.13. The molecular weight excluding hydrogens is 406 g/mol. The Morgan fingerprint density at radius 2 is 1.84 bits per heavy atom. The fourth-order valence-corrected chi connectivity index (χ4v) is 4.39. The Labute approximate surface area is 189 Å². The first-order chi connectivity index (χ1) is 14.9. The van der Waals surface area contributed by atoms with Crippen molar-refractivity contribution in [2.24, 2.45) is 5.92 Å². The molecule has 2 heterocycles. The number of rotatable bonds is 7. The molecule has 0 bridgehead atoms. The van der Waals surface area contributed by atoms with Crippen molar-refractivity contribution >= 4 is 22.5 Å². The normalized spacial score (nSPS) is 12.5. The Hall–Kier alpha value is -2.82. The third-order valence-corrected chi connectivity index (χ3v) is 5.72. The largest absolute Gasteiger partial charge is 0.497 e. The summed E-state index contributed by atoms with van der Waals surface area (Å²) in [4.78, 5) is 6.77. The van der Waals surface area contributed by atoms with Gasteiger partial charge in [0.25, 0.3) is 0 Å². The van der Waals surface area contributed by atoms with Gasteiger partial charge in [0, 0.05) is 64.3 Å². The van der Waals surface area contributed by atoms with Crippen molar-refractivity contribution in [2.75, 3.05) is 27.7 Å². The van der Waals surface area contributed by atoms with Gasteiger partial charge in [-0.2, -0.15) is 0 Å². The summed E-state index contributed by atoms with van der Waals surface area (Å²) in [6, 6.07) is 16.4. The highest BCUT2D eigenvalue weighted by Crippen LogP contribution is 2.35. The molecule has 0 fully saturated rings. The molecule has 4 aromatic rings. The molecule has 1 unspecified atom stereocenters. The number of hydrogen-bond acceptors (Lipinski definition) is 3. The number of benzene rings is 2. The molecule has 2 aromatic carbocycles. The van der Waals surface area contributed by atoms with Crippen LogP contribution in [0.2, 0.25) is 5.02 Å². The van der Waals surface area contributed by atoms with Crippen molar-refractivity contribution in [3.05, 3.63) is 72.1 Å². The Bertz CT molecular complexity index is 1200. The number of fused-ring (bicyclic) bond motifs is 1. The van der Waals surface area contributed by atoms with Gasteiger partial charge < -0.3 is 14.2 Å². The minimum Gasteiger partial charge on any atom is -0.497 e. The standard InChI is InChI=1S/C26H28ClN3O/c1-18(15-29(2)3)16-30-17-25(24-12-22(27)8-9-26(24)30)21-10-20(13-28-14-21)19-6-5-7-23(11-19)31-4/h5-14,17-18H,15-16H2,1-4H3. The topological polar surface area (TPSA) is 30.3 Å². The number of halogens is 1. The highest BCUT2D eigenvalue weighted by atomic mass is 35.5. The third kappa shape index (κ3) is 4.76. The highest BCUT2D eigenvalue weighted by molar-refractivity contribution is 6.31. The third-order valence-electron chi connectivity index (χ3n) is 5.48. The smallest absolute Gasteiger partial charge is 0.119 e. The number of nitrogens with zero attached hydrogens (tertiary/aromatic N) is 3. The van der Waals surface area contributed by atoms with E-state index < -0.39 is 0 Å². The number of aromatic nitrogens is 2. The molecule has 0 N–H and O–H groups in total. The second-order valence-electron chi connectivity index (χ2n) is 8.42. The van der Waals surface area contributed by atoms with Crippen molar-refractivity contribution in [1.82, 2.24) is 14.5 Å². The van der Waals surface area contributed by atoms with Crippen molar-refractivity contribution in [1.29, 1.82) is 0 Å². The first kappa shape index (κ1) is 21.4. The summed E-state index contributed by atoms with van der Waals surface area (Å²) in [6.45, 7) is 4.27. The minimum absolute atomic E-state index is 0.523. The van der Waals surface area contributed by atoms with Gasteiger partial charge in [0.05, 0.1) is 7.11 Å². The van der Waals surface area contributed by atoms with Crippen LogP contribution in [0.5, 0.6) is 5.75 Å². The van der Waals surface area contributed by atoms with E-state index in [1.807, 2.05) is 36.7 Å². The van der Waals surface area contributed by atoms with Crippen LogP contribution in [0.4, 0.5) is 0 Å². The van der Waals surface area contributed by atoms with Gasteiger partial charge in [-0.05, 0) is 62.0 Å². The van der Waals surface area contributed by atoms with Crippen LogP contribution >= 0.6 is 11.6 Å². The van der Waals surface area contributed by atoms with Crippen LogP contribution in [0, 0.1) is 5.92 Å². The molecule has 0 amide bonds. The van der Waals surface area contributed by atoms with Crippen LogP contribution in [-0.4, -0.2) is 42.2 Å². The Balaban J connectivity index is 1.78. The first-order valence-electron chi connectivity index (χ1n) is 10.5. The van der Waals surface area contributed by atoms with Gasteiger partial charge in [0.2, 0.25) is 0 Å². The van der Waals surface area contributed by atoms with E-state index in [0.29, 0.717) is 5.92 Å². The summed E-state index contributed by atoms with van der Waals surface area (Å²) >= 11 is 6.38. The van der Waals surface area contributed by atoms with Crippen molar-refractivity contribution in [3.63, 3.8) is 0 Å². The van der Waals surface area contributed by atoms with Gasteiger partial charge in [-0.1, -0.05) is 30.7 Å². The predicted octanol–water partition coefficient (Wildman–Crippen LogP) is 6.23. The van der Waals surface area contributed by atoms with E-state index >= 15 is 0 Å². The van der Waals surface area contributed by atoms with Crippen molar-refractivity contribution in [2.45, 2.75) is 13.5 Å². The monoisotopic (exact) mass is 433 g/mol. The maximum atomic E-state index is 6.38. The van der Waals surface area contributed by atoms with Crippen molar-refractivity contribution in [3.8, 4) is 28.0 Å². The molecule has 5 heteroatoms. The zero-order valence-corrected chi connectivity index (χ0v) is 19.2. The quantitative estimate of drug-likeness (QED) is 0.346. The molecule has 31 heavy (non-hydrogen) atoms. The van der Waals surface area contributed by atoms with Gasteiger partial charge in [0.1, 0.15) is 5.75 Å². The maximum absolute atomic E-state index is 6.38. The molecular formula is C26H28ClN3O. The zero-order valence-electron chi connectivity index (χ0n) is 18.5. The number of hydrogen-bond donors (Lipinski definition) is 0. The van der Waals surface area contributed by atoms with Crippen LogP contribution in [0.1, 0.15) is 6.92 Å². The Morgan fingerprint density at radius 3 is 2.61 bits per heavy atom. The van der Waals surface area contributed by atoms with Crippen LogP contribution in [-0.2, 0) is 6.54 Å². The fraction of sp³-hybridized carbons (Fsp3) is 0.269. The number of methoxy groups -OCH3 is 1. The van der Waals surface area contributed by atoms with Gasteiger partial charge in [-0.15, -0.1) is 0 Å². The van der Waals surface area contributed by atoms with Gasteiger partial charge in [-0.3, -0.25) is 4.98 Å². The summed E-state index contributed by atoms with van der Waals surface area (Å²) in [7, 11) is 5.92. The number of pyridine rings is 1. The molecule has 4 nitrogen and oxygen atoms in total. The van der Waals surface area contributed by atoms with E-state index in [4.69, 9.17) is 16.3 Å². The SMILES string of the molecule is COc1cccc(-c2cncc(-c3cn(CC(C)CN(C)C)c4ccc(Cl)cc34)c2)c1. The highest BCUT2D eigenvalue weighted by Gasteiger charge is 2.14. The van der Waals surface area contributed by atoms with Crippen LogP contribution in [0.3, 0.4) is 0 Å². The lowest BCUT2D eigenvalue weighted by Crippen LogP contribution is -2.22. The van der Waals surface area contributed by atoms with Crippen molar-refractivity contribution < 1.29 is 4.74 Å². The summed E-state index contributed by atoms with van der Waals surface area (Å²) in [6.07, 6.45) is 6.05. The molecule has 0 aliphatic carbocycles. The fourth-order valence-electron chi connectivity index (χ4n) is 4.22. The molecule has 2 aromatic heterocycles. The van der Waals surface area contributed by atoms with Gasteiger partial charge in [0.15, 0.2) is 0 Å². The molecule has 0 aliphatic heterocycles. The molecule has 0 spiro atoms. The van der Waals surface area contributed by atoms with E-state index in [1.165, 1.54) is 5.52 Å².